The summed E-state index contributed by atoms with van der Waals surface area (Å²) in [6.45, 7) is 3.93. The predicted molar refractivity (Wildman–Crippen MR) is 161 cm³/mol. The van der Waals surface area contributed by atoms with Crippen LogP contribution in [0.25, 0.3) is 10.8 Å². The molecule has 0 radical (unpaired) electrons. The number of esters is 2. The van der Waals surface area contributed by atoms with E-state index in [2.05, 4.69) is 0 Å². The van der Waals surface area contributed by atoms with Gasteiger partial charge in [0.15, 0.2) is 0 Å². The molecular formula is C32H46O8. The second-order valence-electron chi connectivity index (χ2n) is 9.03. The van der Waals surface area contributed by atoms with Crippen LogP contribution in [0.4, 0.5) is 0 Å². The highest BCUT2D eigenvalue weighted by molar-refractivity contribution is 6.00. The Balaban J connectivity index is 0.000000723. The number of fused-ring (bicyclic) bond motifs is 2. The van der Waals surface area contributed by atoms with Crippen molar-refractivity contribution in [1.82, 2.24) is 0 Å². The van der Waals surface area contributed by atoms with Gasteiger partial charge in [0.2, 0.25) is 0 Å². The first-order chi connectivity index (χ1) is 19.2. The van der Waals surface area contributed by atoms with Crippen LogP contribution < -0.4 is 18.9 Å². The smallest absolute Gasteiger partial charge is 0.337 e. The van der Waals surface area contributed by atoms with Gasteiger partial charge < -0.3 is 28.4 Å². The quantitative estimate of drug-likeness (QED) is 0.306. The molecule has 0 amide bonds. The van der Waals surface area contributed by atoms with Crippen LogP contribution >= 0.6 is 0 Å². The van der Waals surface area contributed by atoms with Gasteiger partial charge in [-0.1, -0.05) is 14.9 Å². The van der Waals surface area contributed by atoms with E-state index >= 15 is 0 Å². The lowest BCUT2D eigenvalue weighted by Gasteiger charge is -2.27. The minimum Gasteiger partial charge on any atom is -0.496 e. The van der Waals surface area contributed by atoms with E-state index in [1.807, 2.05) is 32.0 Å². The molecule has 0 spiro atoms. The molecule has 0 aliphatic heterocycles. The summed E-state index contributed by atoms with van der Waals surface area (Å²) in [4.78, 5) is 23.3. The molecule has 0 saturated heterocycles. The Labute approximate surface area is 241 Å². The maximum absolute atomic E-state index is 11.7. The van der Waals surface area contributed by atoms with Crippen LogP contribution in [0.2, 0.25) is 0 Å². The van der Waals surface area contributed by atoms with E-state index in [1.165, 1.54) is 14.2 Å². The number of ether oxygens (including phenoxy) is 6. The van der Waals surface area contributed by atoms with Crippen molar-refractivity contribution in [1.29, 1.82) is 0 Å². The van der Waals surface area contributed by atoms with Gasteiger partial charge in [0.25, 0.3) is 0 Å². The van der Waals surface area contributed by atoms with Gasteiger partial charge in [-0.2, -0.15) is 0 Å². The number of hydrogen-bond donors (Lipinski definition) is 0. The molecule has 0 fully saturated rings. The van der Waals surface area contributed by atoms with E-state index in [0.717, 1.165) is 68.9 Å². The van der Waals surface area contributed by atoms with Crippen molar-refractivity contribution in [2.75, 3.05) is 42.7 Å². The summed E-state index contributed by atoms with van der Waals surface area (Å²) < 4.78 is 41.3. The van der Waals surface area contributed by atoms with Gasteiger partial charge >= 0.3 is 11.9 Å². The SMILES string of the molecule is C.C.COC(=O)C1CCc2c(OC)cc(C)c(OC)c2C1.COC(=O)c1ccc2c(OC)cc(C)c(OC)c2c1.[2H][2H]. The Kier molecular flexibility index (Phi) is 12.1. The maximum Gasteiger partial charge on any atom is 0.337 e. The number of aryl methyl sites for hydroxylation is 2. The van der Waals surface area contributed by atoms with E-state index < -0.39 is 0 Å². The molecule has 40 heavy (non-hydrogen) atoms. The van der Waals surface area contributed by atoms with Crippen molar-refractivity contribution in [2.24, 2.45) is 5.92 Å². The number of methoxy groups -OCH3 is 6. The minimum absolute atomic E-state index is 0. The largest absolute Gasteiger partial charge is 0.496 e. The lowest BCUT2D eigenvalue weighted by atomic mass is 9.82. The zero-order valence-electron chi connectivity index (χ0n) is 25.4. The van der Waals surface area contributed by atoms with Crippen molar-refractivity contribution in [3.8, 4) is 23.0 Å². The topological polar surface area (TPSA) is 89.5 Å². The number of benzene rings is 3. The third-order valence-corrected chi connectivity index (χ3v) is 6.87. The van der Waals surface area contributed by atoms with Crippen molar-refractivity contribution < 1.29 is 41.0 Å². The summed E-state index contributed by atoms with van der Waals surface area (Å²) in [6, 6.07) is 9.22. The lowest BCUT2D eigenvalue weighted by molar-refractivity contribution is -0.145. The number of rotatable bonds is 6. The van der Waals surface area contributed by atoms with Gasteiger partial charge in [-0.05, 0) is 74.6 Å². The molecular weight excluding hydrogens is 512 g/mol. The number of carbonyl (C=O) groups is 2. The van der Waals surface area contributed by atoms with Crippen molar-refractivity contribution >= 4 is 22.7 Å². The van der Waals surface area contributed by atoms with Crippen LogP contribution in [0.3, 0.4) is 0 Å². The van der Waals surface area contributed by atoms with Gasteiger partial charge in [0.1, 0.15) is 23.0 Å². The second kappa shape index (κ2) is 15.0. The van der Waals surface area contributed by atoms with Gasteiger partial charge in [-0.25, -0.2) is 4.79 Å². The second-order valence-corrected chi connectivity index (χ2v) is 9.03. The zero-order chi connectivity index (χ0) is 30.0. The Morgan fingerprint density at radius 1 is 0.750 bits per heavy atom. The summed E-state index contributed by atoms with van der Waals surface area (Å²) in [5.41, 5.74) is 4.71. The molecule has 0 saturated carbocycles. The minimum atomic E-state index is -0.371. The van der Waals surface area contributed by atoms with Crippen LogP contribution in [-0.4, -0.2) is 54.6 Å². The van der Waals surface area contributed by atoms with Crippen molar-refractivity contribution in [3.05, 3.63) is 58.1 Å². The number of hydrogen-bond acceptors (Lipinski definition) is 8. The van der Waals surface area contributed by atoms with E-state index in [0.29, 0.717) is 12.0 Å². The molecule has 8 heteroatoms. The fraction of sp³-hybridized carbons (Fsp3) is 0.438. The van der Waals surface area contributed by atoms with Gasteiger partial charge in [0.05, 0.1) is 54.1 Å². The monoisotopic (exact) mass is 560 g/mol. The first kappa shape index (κ1) is 32.3. The maximum atomic E-state index is 11.7. The summed E-state index contributed by atoms with van der Waals surface area (Å²) in [6.07, 6.45) is 2.26. The number of carbonyl (C=O) groups excluding carboxylic acids is 2. The third kappa shape index (κ3) is 6.79. The first-order valence-corrected chi connectivity index (χ1v) is 12.3. The van der Waals surface area contributed by atoms with Crippen LogP contribution in [-0.2, 0) is 27.1 Å². The highest BCUT2D eigenvalue weighted by Crippen LogP contribution is 2.40. The highest BCUT2D eigenvalue weighted by Gasteiger charge is 2.30. The molecule has 1 aliphatic carbocycles. The summed E-state index contributed by atoms with van der Waals surface area (Å²) in [5.74, 6) is 2.64. The van der Waals surface area contributed by atoms with Gasteiger partial charge in [-0.15, -0.1) is 0 Å². The van der Waals surface area contributed by atoms with E-state index in [-0.39, 0.29) is 32.7 Å². The molecule has 1 aliphatic rings. The molecule has 4 rings (SSSR count). The van der Waals surface area contributed by atoms with Crippen LogP contribution in [0.15, 0.2) is 30.3 Å². The molecule has 1 unspecified atom stereocenters. The molecule has 222 valence electrons. The van der Waals surface area contributed by atoms with Crippen molar-refractivity contribution in [2.45, 2.75) is 48.0 Å². The van der Waals surface area contributed by atoms with E-state index in [4.69, 9.17) is 31.4 Å². The van der Waals surface area contributed by atoms with Crippen LogP contribution in [0.1, 0.15) is 56.9 Å². The average Bonchev–Trinajstić information content (AvgIpc) is 3.00. The Hall–Kier alpha value is -3.94. The standard InChI is InChI=1S/C15H20O4.C15H16O4.2CH4.H2/c2*1-9-7-13(17-2)11-6-5-10(15(16)19-4)8-12(11)14(9)18-3;;;/h7,10H,5-6,8H2,1-4H3;5-8H,1-4H3;2*1H4;1H/i;;;;1+1D. The van der Waals surface area contributed by atoms with Crippen molar-refractivity contribution in [3.63, 3.8) is 0 Å². The van der Waals surface area contributed by atoms with E-state index in [9.17, 15) is 9.59 Å². The van der Waals surface area contributed by atoms with Crippen LogP contribution in [0.5, 0.6) is 23.0 Å². The van der Waals surface area contributed by atoms with Crippen LogP contribution in [0, 0.1) is 19.8 Å². The lowest BCUT2D eigenvalue weighted by Crippen LogP contribution is -2.24. The highest BCUT2D eigenvalue weighted by atomic mass is 16.5. The first-order valence-electron chi connectivity index (χ1n) is 13.3. The Bertz CT molecular complexity index is 1340. The molecule has 8 nitrogen and oxygen atoms in total. The molecule has 0 heterocycles. The third-order valence-electron chi connectivity index (χ3n) is 6.87. The predicted octanol–water partition coefficient (Wildman–Crippen LogP) is 6.76. The molecule has 3 aromatic rings. The molecule has 1 atom stereocenters. The molecule has 3 aromatic carbocycles. The Morgan fingerprint density at radius 3 is 1.90 bits per heavy atom. The summed E-state index contributed by atoms with van der Waals surface area (Å²) in [5, 5.41) is 1.74. The summed E-state index contributed by atoms with van der Waals surface area (Å²) >= 11 is 0. The average molecular weight is 561 g/mol. The van der Waals surface area contributed by atoms with Gasteiger partial charge in [-0.3, -0.25) is 4.79 Å². The fourth-order valence-corrected chi connectivity index (χ4v) is 5.05. The molecule has 0 bridgehead atoms. The normalized spacial score (nSPS) is 13.4. The van der Waals surface area contributed by atoms with Gasteiger partial charge in [0, 0.05) is 24.9 Å². The van der Waals surface area contributed by atoms with E-state index in [1.54, 1.807) is 40.6 Å². The molecule has 0 N–H and O–H groups in total. The summed E-state index contributed by atoms with van der Waals surface area (Å²) in [7, 11) is 9.37. The fourth-order valence-electron chi connectivity index (χ4n) is 5.05. The Morgan fingerprint density at radius 2 is 1.35 bits per heavy atom. The zero-order valence-corrected chi connectivity index (χ0v) is 23.4. The molecule has 0 aromatic heterocycles.